The fraction of sp³-hybridized carbons (Fsp3) is 0.119. The molecule has 62 heavy (non-hydrogen) atoms. The van der Waals surface area contributed by atoms with Gasteiger partial charge in [0.25, 0.3) is 0 Å². The molecule has 1 heterocycles. The fourth-order valence-corrected chi connectivity index (χ4v) is 10.3. The van der Waals surface area contributed by atoms with Crippen LogP contribution in [0.15, 0.2) is 212 Å². The first-order valence-electron chi connectivity index (χ1n) is 21.9. The van der Waals surface area contributed by atoms with Crippen molar-refractivity contribution in [2.75, 3.05) is 4.90 Å². The highest BCUT2D eigenvalue weighted by molar-refractivity contribution is 5.90. The van der Waals surface area contributed by atoms with E-state index < -0.39 is 0 Å². The Labute approximate surface area is 364 Å². The van der Waals surface area contributed by atoms with Crippen molar-refractivity contribution < 1.29 is 9.47 Å². The molecule has 300 valence electrons. The maximum absolute atomic E-state index is 6.99. The van der Waals surface area contributed by atoms with E-state index in [0.29, 0.717) is 11.5 Å². The van der Waals surface area contributed by atoms with Crippen LogP contribution in [0.25, 0.3) is 22.8 Å². The molecule has 0 aromatic heterocycles. The third-order valence-corrected chi connectivity index (χ3v) is 13.1. The largest absolute Gasteiger partial charge is 0.449 e. The number of allylic oxidation sites excluding steroid dienone is 9. The summed E-state index contributed by atoms with van der Waals surface area (Å²) in [7, 11) is 0. The molecule has 1 spiro atoms. The number of hydrogen-bond acceptors (Lipinski definition) is 3. The lowest BCUT2D eigenvalue weighted by Crippen LogP contribution is -2.26. The first kappa shape index (κ1) is 37.6. The second kappa shape index (κ2) is 15.6. The maximum Gasteiger partial charge on any atom is 0.172 e. The van der Waals surface area contributed by atoms with Crippen LogP contribution in [0.4, 0.5) is 11.4 Å². The van der Waals surface area contributed by atoms with Gasteiger partial charge in [0.15, 0.2) is 23.0 Å². The summed E-state index contributed by atoms with van der Waals surface area (Å²) in [6.07, 6.45) is 18.5. The quantitative estimate of drug-likeness (QED) is 0.113. The minimum Gasteiger partial charge on any atom is -0.449 e. The van der Waals surface area contributed by atoms with Crippen LogP contribution < -0.4 is 14.4 Å². The topological polar surface area (TPSA) is 21.7 Å². The third-order valence-electron chi connectivity index (χ3n) is 13.1. The average Bonchev–Trinajstić information content (AvgIpc) is 3.82. The highest BCUT2D eigenvalue weighted by Gasteiger charge is 2.51. The summed E-state index contributed by atoms with van der Waals surface area (Å²) >= 11 is 0. The normalized spacial score (nSPS) is 18.7. The second-order valence-electron chi connectivity index (χ2n) is 16.6. The molecule has 4 aliphatic rings. The minimum absolute atomic E-state index is 0.177. The smallest absolute Gasteiger partial charge is 0.172 e. The van der Waals surface area contributed by atoms with Gasteiger partial charge in [-0.15, -0.1) is 0 Å². The molecule has 11 rings (SSSR count). The van der Waals surface area contributed by atoms with E-state index in [-0.39, 0.29) is 11.3 Å². The molecule has 2 atom stereocenters. The van der Waals surface area contributed by atoms with Crippen molar-refractivity contribution in [2.24, 2.45) is 0 Å². The van der Waals surface area contributed by atoms with Crippen LogP contribution in [0.5, 0.6) is 23.0 Å². The van der Waals surface area contributed by atoms with Gasteiger partial charge in [-0.1, -0.05) is 176 Å². The lowest BCUT2D eigenvalue weighted by molar-refractivity contribution is 0.359. The van der Waals surface area contributed by atoms with Crippen LogP contribution in [0.2, 0.25) is 0 Å². The SMILES string of the molecule is C/C=C1\Cc2ccccc2C12c1ccccc1-c1cc3c(cc12)Oc1ccc(N(C2=CC(c4ccccc4)=CC(c4ccccc4)C2)c2ccccc2/C=C/C=C\CC)cc1O3. The van der Waals surface area contributed by atoms with Crippen molar-refractivity contribution in [3.8, 4) is 34.1 Å². The summed E-state index contributed by atoms with van der Waals surface area (Å²) in [5, 5.41) is 0. The molecule has 0 N–H and O–H groups in total. The zero-order chi connectivity index (χ0) is 41.6. The molecule has 0 saturated carbocycles. The van der Waals surface area contributed by atoms with Crippen LogP contribution in [-0.4, -0.2) is 0 Å². The van der Waals surface area contributed by atoms with E-state index >= 15 is 0 Å². The summed E-state index contributed by atoms with van der Waals surface area (Å²) < 4.78 is 13.9. The van der Waals surface area contributed by atoms with Crippen LogP contribution >= 0.6 is 0 Å². The average molecular weight is 802 g/mol. The zero-order valence-corrected chi connectivity index (χ0v) is 35.1. The molecule has 1 aliphatic heterocycles. The molecule has 0 bridgehead atoms. The summed E-state index contributed by atoms with van der Waals surface area (Å²) in [5.74, 6) is 3.03. The van der Waals surface area contributed by atoms with Crippen molar-refractivity contribution in [1.82, 2.24) is 0 Å². The van der Waals surface area contributed by atoms with Crippen LogP contribution in [-0.2, 0) is 11.8 Å². The molecule has 3 nitrogen and oxygen atoms in total. The highest BCUT2D eigenvalue weighted by atomic mass is 16.6. The van der Waals surface area contributed by atoms with Gasteiger partial charge < -0.3 is 14.4 Å². The first-order valence-corrected chi connectivity index (χ1v) is 21.9. The lowest BCUT2D eigenvalue weighted by Gasteiger charge is -2.34. The highest BCUT2D eigenvalue weighted by Crippen LogP contribution is 2.63. The van der Waals surface area contributed by atoms with Gasteiger partial charge in [0.05, 0.1) is 11.1 Å². The lowest BCUT2D eigenvalue weighted by atomic mass is 9.70. The Balaban J connectivity index is 1.04. The Kier molecular flexibility index (Phi) is 9.46. The van der Waals surface area contributed by atoms with Crippen LogP contribution in [0.3, 0.4) is 0 Å². The number of anilines is 2. The second-order valence-corrected chi connectivity index (χ2v) is 16.6. The Morgan fingerprint density at radius 1 is 0.645 bits per heavy atom. The zero-order valence-electron chi connectivity index (χ0n) is 35.1. The van der Waals surface area contributed by atoms with Crippen LogP contribution in [0.1, 0.15) is 71.6 Å². The molecule has 7 aromatic carbocycles. The van der Waals surface area contributed by atoms with E-state index in [1.165, 1.54) is 61.4 Å². The molecular formula is C59H47NO2. The first-order chi connectivity index (χ1) is 30.6. The number of ether oxygens (including phenoxy) is 2. The summed E-state index contributed by atoms with van der Waals surface area (Å²) in [6, 6.07) is 59.0. The number of rotatable bonds is 8. The van der Waals surface area contributed by atoms with E-state index in [9.17, 15) is 0 Å². The van der Waals surface area contributed by atoms with Gasteiger partial charge in [-0.3, -0.25) is 0 Å². The van der Waals surface area contributed by atoms with Crippen molar-refractivity contribution in [2.45, 2.75) is 44.4 Å². The van der Waals surface area contributed by atoms with Crippen molar-refractivity contribution >= 4 is 23.0 Å². The Bertz CT molecular complexity index is 3020. The van der Waals surface area contributed by atoms with Gasteiger partial charge in [0.2, 0.25) is 0 Å². The van der Waals surface area contributed by atoms with Gasteiger partial charge >= 0.3 is 0 Å². The molecule has 2 unspecified atom stereocenters. The molecule has 0 fully saturated rings. The number of hydrogen-bond donors (Lipinski definition) is 0. The molecule has 0 radical (unpaired) electrons. The molecular weight excluding hydrogens is 755 g/mol. The van der Waals surface area contributed by atoms with Gasteiger partial charge in [0.1, 0.15) is 0 Å². The minimum atomic E-state index is -0.368. The Hall–Kier alpha value is -7.36. The molecule has 0 saturated heterocycles. The van der Waals surface area contributed by atoms with Crippen LogP contribution in [0, 0.1) is 0 Å². The van der Waals surface area contributed by atoms with Gasteiger partial charge in [-0.25, -0.2) is 0 Å². The molecule has 7 aromatic rings. The number of benzene rings is 7. The third kappa shape index (κ3) is 6.19. The summed E-state index contributed by atoms with van der Waals surface area (Å²) in [6.45, 7) is 4.34. The van der Waals surface area contributed by atoms with Crippen molar-refractivity contribution in [1.29, 1.82) is 0 Å². The summed E-state index contributed by atoms with van der Waals surface area (Å²) in [4.78, 5) is 2.42. The number of para-hydroxylation sites is 1. The number of nitrogens with zero attached hydrogens (tertiary/aromatic N) is 1. The Morgan fingerprint density at radius 3 is 2.19 bits per heavy atom. The number of fused-ring (bicyclic) bond motifs is 9. The fourth-order valence-electron chi connectivity index (χ4n) is 10.3. The van der Waals surface area contributed by atoms with Crippen molar-refractivity contribution in [3.05, 3.63) is 250 Å². The predicted octanol–water partition coefficient (Wildman–Crippen LogP) is 15.7. The Morgan fingerprint density at radius 2 is 1.35 bits per heavy atom. The molecule has 3 aliphatic carbocycles. The monoisotopic (exact) mass is 801 g/mol. The van der Waals surface area contributed by atoms with Crippen molar-refractivity contribution in [3.63, 3.8) is 0 Å². The van der Waals surface area contributed by atoms with Gasteiger partial charge in [-0.2, -0.15) is 0 Å². The standard InChI is InChI=1S/C59H47NO2/c1-3-5-6-9-24-42-25-15-19-30-54(42)60(48-35-44(40-20-10-7-11-21-40)33-45(36-48)41-22-12-8-13-23-41)47-31-32-55-56(37-47)62-57-38-50-49-27-16-18-29-52(49)59(53(50)39-58(57)61-55)46(4-2)34-43-26-14-17-28-51(43)59/h4-33,35,37-39,45H,3,34,36H2,1-2H3/b6-5-,24-9+,46-4+. The van der Waals surface area contributed by atoms with E-state index in [4.69, 9.17) is 9.47 Å². The van der Waals surface area contributed by atoms with E-state index in [1.54, 1.807) is 0 Å². The molecule has 3 heteroatoms. The molecule has 0 amide bonds. The summed E-state index contributed by atoms with van der Waals surface area (Å²) in [5.41, 5.74) is 16.9. The maximum atomic E-state index is 6.99. The van der Waals surface area contributed by atoms with E-state index in [2.05, 4.69) is 225 Å². The van der Waals surface area contributed by atoms with E-state index in [0.717, 1.165) is 47.7 Å². The van der Waals surface area contributed by atoms with E-state index in [1.807, 2.05) is 0 Å². The van der Waals surface area contributed by atoms with Gasteiger partial charge in [0, 0.05) is 23.4 Å². The van der Waals surface area contributed by atoms with Gasteiger partial charge in [-0.05, 0) is 118 Å². The predicted molar refractivity (Wildman–Crippen MR) is 256 cm³/mol.